The first-order valence-electron chi connectivity index (χ1n) is 9.14. The van der Waals surface area contributed by atoms with Crippen molar-refractivity contribution in [3.05, 3.63) is 71.8 Å². The van der Waals surface area contributed by atoms with Crippen LogP contribution >= 0.6 is 7.60 Å². The summed E-state index contributed by atoms with van der Waals surface area (Å²) < 4.78 is 24.2. The van der Waals surface area contributed by atoms with E-state index in [1.807, 2.05) is 48.5 Å². The van der Waals surface area contributed by atoms with E-state index >= 15 is 0 Å². The summed E-state index contributed by atoms with van der Waals surface area (Å²) in [6, 6.07) is 19.4. The predicted molar refractivity (Wildman–Crippen MR) is 114 cm³/mol. The van der Waals surface area contributed by atoms with Gasteiger partial charge in [-0.2, -0.15) is 0 Å². The van der Waals surface area contributed by atoms with Crippen molar-refractivity contribution in [1.29, 1.82) is 0 Å². The molecule has 0 saturated heterocycles. The van der Waals surface area contributed by atoms with E-state index in [-0.39, 0.29) is 6.16 Å². The molecular weight excluding hydrogens is 389 g/mol. The van der Waals surface area contributed by atoms with Gasteiger partial charge in [-0.25, -0.2) is 0 Å². The second kappa shape index (κ2) is 7.56. The number of benzene rings is 3. The van der Waals surface area contributed by atoms with E-state index in [2.05, 4.69) is 4.57 Å². The molecule has 1 heterocycles. The van der Waals surface area contributed by atoms with Crippen LogP contribution in [0.3, 0.4) is 0 Å². The smallest absolute Gasteiger partial charge is 0.329 e. The summed E-state index contributed by atoms with van der Waals surface area (Å²) in [6.07, 6.45) is -0.248. The molecule has 0 amide bonds. The average molecular weight is 411 g/mol. The lowest BCUT2D eigenvalue weighted by molar-refractivity contribution is 0.371. The fourth-order valence-electron chi connectivity index (χ4n) is 3.66. The van der Waals surface area contributed by atoms with Gasteiger partial charge < -0.3 is 23.8 Å². The maximum Gasteiger partial charge on any atom is 0.329 e. The second-order valence-electron chi connectivity index (χ2n) is 6.99. The van der Waals surface area contributed by atoms with Gasteiger partial charge in [0.05, 0.1) is 20.4 Å². The first-order valence-corrected chi connectivity index (χ1v) is 10.9. The Kier molecular flexibility index (Phi) is 5.09. The number of hydrogen-bond donors (Lipinski definition) is 2. The normalized spacial score (nSPS) is 11.9. The molecule has 4 aromatic rings. The molecule has 0 aliphatic heterocycles. The Labute approximate surface area is 168 Å². The van der Waals surface area contributed by atoms with Crippen molar-refractivity contribution in [1.82, 2.24) is 4.57 Å². The summed E-state index contributed by atoms with van der Waals surface area (Å²) in [4.78, 5) is 18.3. The van der Waals surface area contributed by atoms with E-state index in [0.717, 1.165) is 38.9 Å². The van der Waals surface area contributed by atoms with Crippen LogP contribution in [0.2, 0.25) is 0 Å². The number of aromatic nitrogens is 1. The molecule has 0 atom stereocenters. The molecule has 0 spiro atoms. The SMILES string of the molecule is COc1ccc2c(c1)c1cc(OC)ccc1n2Cc1ccc(CP(=O)(O)O)cc1. The molecule has 150 valence electrons. The molecule has 3 aromatic carbocycles. The van der Waals surface area contributed by atoms with Gasteiger partial charge >= 0.3 is 7.60 Å². The van der Waals surface area contributed by atoms with Crippen LogP contribution in [0, 0.1) is 0 Å². The molecule has 6 nitrogen and oxygen atoms in total. The average Bonchev–Trinajstić information content (AvgIpc) is 3.00. The number of methoxy groups -OCH3 is 2. The summed E-state index contributed by atoms with van der Waals surface area (Å²) in [5.74, 6) is 1.59. The summed E-state index contributed by atoms with van der Waals surface area (Å²) in [6.45, 7) is 0.634. The van der Waals surface area contributed by atoms with E-state index in [9.17, 15) is 4.57 Å². The highest BCUT2D eigenvalue weighted by Gasteiger charge is 2.15. The van der Waals surface area contributed by atoms with E-state index < -0.39 is 7.60 Å². The van der Waals surface area contributed by atoms with Gasteiger partial charge in [0, 0.05) is 28.4 Å². The topological polar surface area (TPSA) is 80.9 Å². The third kappa shape index (κ3) is 4.01. The number of rotatable bonds is 6. The summed E-state index contributed by atoms with van der Waals surface area (Å²) in [5.41, 5.74) is 3.82. The van der Waals surface area contributed by atoms with Crippen molar-refractivity contribution in [3.8, 4) is 11.5 Å². The third-order valence-corrected chi connectivity index (χ3v) is 5.81. The quantitative estimate of drug-likeness (QED) is 0.456. The van der Waals surface area contributed by atoms with Crippen molar-refractivity contribution in [2.45, 2.75) is 12.7 Å². The lowest BCUT2D eigenvalue weighted by Gasteiger charge is -2.10. The Bertz CT molecular complexity index is 1160. The van der Waals surface area contributed by atoms with Crippen LogP contribution in [0.1, 0.15) is 11.1 Å². The van der Waals surface area contributed by atoms with Crippen LogP contribution in [-0.2, 0) is 17.3 Å². The maximum atomic E-state index is 11.2. The highest BCUT2D eigenvalue weighted by Crippen LogP contribution is 2.39. The van der Waals surface area contributed by atoms with Crippen molar-refractivity contribution in [2.24, 2.45) is 0 Å². The van der Waals surface area contributed by atoms with E-state index in [4.69, 9.17) is 19.3 Å². The lowest BCUT2D eigenvalue weighted by atomic mass is 10.1. The van der Waals surface area contributed by atoms with Crippen LogP contribution in [0.15, 0.2) is 60.7 Å². The molecule has 0 aliphatic carbocycles. The third-order valence-electron chi connectivity index (χ3n) is 5.03. The molecule has 29 heavy (non-hydrogen) atoms. The number of hydrogen-bond acceptors (Lipinski definition) is 3. The Hall–Kier alpha value is -2.79. The monoisotopic (exact) mass is 411 g/mol. The van der Waals surface area contributed by atoms with Crippen LogP contribution in [0.4, 0.5) is 0 Å². The fraction of sp³-hybridized carbons (Fsp3) is 0.182. The highest BCUT2D eigenvalue weighted by atomic mass is 31.2. The Morgan fingerprint density at radius 1 is 0.793 bits per heavy atom. The zero-order chi connectivity index (χ0) is 20.6. The maximum absolute atomic E-state index is 11.2. The van der Waals surface area contributed by atoms with Crippen LogP contribution in [0.5, 0.6) is 11.5 Å². The highest BCUT2D eigenvalue weighted by molar-refractivity contribution is 7.50. The summed E-state index contributed by atoms with van der Waals surface area (Å²) in [7, 11) is -0.763. The first-order chi connectivity index (χ1) is 13.9. The molecule has 0 bridgehead atoms. The molecule has 0 saturated carbocycles. The minimum atomic E-state index is -4.07. The van der Waals surface area contributed by atoms with Crippen molar-refractivity contribution < 1.29 is 23.8 Å². The van der Waals surface area contributed by atoms with Crippen LogP contribution in [0.25, 0.3) is 21.8 Å². The van der Waals surface area contributed by atoms with Gasteiger partial charge in [-0.05, 0) is 47.5 Å². The zero-order valence-corrected chi connectivity index (χ0v) is 17.1. The number of ether oxygens (including phenoxy) is 2. The fourth-order valence-corrected chi connectivity index (χ4v) is 4.34. The van der Waals surface area contributed by atoms with Crippen LogP contribution in [-0.4, -0.2) is 28.6 Å². The summed E-state index contributed by atoms with van der Waals surface area (Å²) >= 11 is 0. The summed E-state index contributed by atoms with van der Waals surface area (Å²) in [5, 5.41) is 2.16. The van der Waals surface area contributed by atoms with Gasteiger partial charge in [0.25, 0.3) is 0 Å². The van der Waals surface area contributed by atoms with Crippen LogP contribution < -0.4 is 9.47 Å². The Morgan fingerprint density at radius 3 is 1.72 bits per heavy atom. The largest absolute Gasteiger partial charge is 0.497 e. The van der Waals surface area contributed by atoms with E-state index in [1.54, 1.807) is 26.4 Å². The molecule has 2 N–H and O–H groups in total. The molecule has 0 radical (unpaired) electrons. The minimum absolute atomic E-state index is 0.248. The van der Waals surface area contributed by atoms with E-state index in [0.29, 0.717) is 12.1 Å². The Morgan fingerprint density at radius 2 is 1.28 bits per heavy atom. The molecule has 0 unspecified atom stereocenters. The van der Waals surface area contributed by atoms with Crippen molar-refractivity contribution >= 4 is 29.4 Å². The lowest BCUT2D eigenvalue weighted by Crippen LogP contribution is -2.00. The minimum Gasteiger partial charge on any atom is -0.497 e. The molecule has 0 fully saturated rings. The van der Waals surface area contributed by atoms with Gasteiger partial charge in [0.1, 0.15) is 11.5 Å². The molecule has 1 aromatic heterocycles. The number of nitrogens with zero attached hydrogens (tertiary/aromatic N) is 1. The van der Waals surface area contributed by atoms with Gasteiger partial charge in [0.15, 0.2) is 0 Å². The van der Waals surface area contributed by atoms with Crippen molar-refractivity contribution in [2.75, 3.05) is 14.2 Å². The van der Waals surface area contributed by atoms with Gasteiger partial charge in [-0.1, -0.05) is 24.3 Å². The zero-order valence-electron chi connectivity index (χ0n) is 16.2. The second-order valence-corrected chi connectivity index (χ2v) is 8.64. The molecule has 0 aliphatic rings. The van der Waals surface area contributed by atoms with Gasteiger partial charge in [-0.3, -0.25) is 4.57 Å². The van der Waals surface area contributed by atoms with Gasteiger partial charge in [0.2, 0.25) is 0 Å². The number of fused-ring (bicyclic) bond motifs is 3. The first kappa shape index (κ1) is 19.5. The standard InChI is InChI=1S/C22H22NO5P/c1-27-17-7-9-21-19(11-17)20-12-18(28-2)8-10-22(20)23(21)13-15-3-5-16(6-4-15)14-29(24,25)26/h3-12H,13-14H2,1-2H3,(H2,24,25,26). The molecular formula is C22H22NO5P. The molecule has 7 heteroatoms. The Balaban J connectivity index is 1.79. The van der Waals surface area contributed by atoms with Gasteiger partial charge in [-0.15, -0.1) is 0 Å². The van der Waals surface area contributed by atoms with Crippen molar-refractivity contribution in [3.63, 3.8) is 0 Å². The predicted octanol–water partition coefficient (Wildman–Crippen LogP) is 4.54. The van der Waals surface area contributed by atoms with E-state index in [1.165, 1.54) is 0 Å². The molecule has 4 rings (SSSR count).